The third-order valence-corrected chi connectivity index (χ3v) is 3.01. The highest BCUT2D eigenvalue weighted by Crippen LogP contribution is 2.17. The molecule has 50 valence electrons. The lowest BCUT2D eigenvalue weighted by Gasteiger charge is -1.83. The third-order valence-electron chi connectivity index (χ3n) is 1.22. The molecule has 0 aromatic carbocycles. The summed E-state index contributed by atoms with van der Waals surface area (Å²) in [5, 5.41) is 0. The molecule has 0 aliphatic carbocycles. The van der Waals surface area contributed by atoms with Crippen molar-refractivity contribution in [1.29, 1.82) is 0 Å². The number of rotatable bonds is 2. The molecule has 0 atom stereocenters. The maximum Gasteiger partial charge on any atom is 0.0248 e. The minimum absolute atomic E-state index is 0.880. The summed E-state index contributed by atoms with van der Waals surface area (Å²) in [6.07, 6.45) is 1.15. The second-order valence-electron chi connectivity index (χ2n) is 1.88. The van der Waals surface area contributed by atoms with Gasteiger partial charge < -0.3 is 0 Å². The van der Waals surface area contributed by atoms with Crippen LogP contribution in [0.15, 0.2) is 12.1 Å². The van der Waals surface area contributed by atoms with Crippen LogP contribution >= 0.6 is 24.0 Å². The van der Waals surface area contributed by atoms with E-state index in [-0.39, 0.29) is 0 Å². The van der Waals surface area contributed by atoms with Crippen LogP contribution in [-0.2, 0) is 12.2 Å². The number of hydrogen-bond donors (Lipinski definition) is 1. The Kier molecular flexibility index (Phi) is 2.61. The summed E-state index contributed by atoms with van der Waals surface area (Å²) in [6.45, 7) is 2.17. The van der Waals surface area contributed by atoms with Crippen LogP contribution in [-0.4, -0.2) is 0 Å². The highest BCUT2D eigenvalue weighted by molar-refractivity contribution is 7.79. The maximum absolute atomic E-state index is 4.17. The molecule has 0 aliphatic heterocycles. The Morgan fingerprint density at radius 3 is 2.44 bits per heavy atom. The van der Waals surface area contributed by atoms with Gasteiger partial charge in [0.2, 0.25) is 0 Å². The van der Waals surface area contributed by atoms with Crippen LogP contribution in [0.1, 0.15) is 16.7 Å². The summed E-state index contributed by atoms with van der Waals surface area (Å²) in [5.74, 6) is 0.880. The lowest BCUT2D eigenvalue weighted by atomic mass is 10.4. The molecule has 0 N–H and O–H groups in total. The van der Waals surface area contributed by atoms with E-state index in [2.05, 4.69) is 31.7 Å². The van der Waals surface area contributed by atoms with E-state index in [1.807, 2.05) is 11.3 Å². The molecule has 0 saturated heterocycles. The van der Waals surface area contributed by atoms with Crippen LogP contribution in [0.25, 0.3) is 0 Å². The molecular formula is C7H10S2. The molecular weight excluding hydrogens is 148 g/mol. The van der Waals surface area contributed by atoms with Gasteiger partial charge in [-0.15, -0.1) is 11.3 Å². The summed E-state index contributed by atoms with van der Waals surface area (Å²) in [5.41, 5.74) is 0. The molecule has 0 fully saturated rings. The van der Waals surface area contributed by atoms with Crippen molar-refractivity contribution in [1.82, 2.24) is 0 Å². The molecule has 1 aromatic rings. The predicted molar refractivity (Wildman–Crippen MR) is 46.4 cm³/mol. The molecule has 0 nitrogen and oxygen atoms in total. The summed E-state index contributed by atoms with van der Waals surface area (Å²) >= 11 is 6.03. The Morgan fingerprint density at radius 2 is 2.11 bits per heavy atom. The second-order valence-corrected chi connectivity index (χ2v) is 3.45. The first-order chi connectivity index (χ1) is 4.36. The van der Waals surface area contributed by atoms with Crippen LogP contribution in [0.4, 0.5) is 0 Å². The van der Waals surface area contributed by atoms with Crippen molar-refractivity contribution >= 4 is 24.0 Å². The van der Waals surface area contributed by atoms with E-state index in [4.69, 9.17) is 0 Å². The zero-order valence-corrected chi connectivity index (χ0v) is 7.14. The Bertz CT molecular complexity index is 160. The predicted octanol–water partition coefficient (Wildman–Crippen LogP) is 2.74. The Balaban J connectivity index is 2.74. The first-order valence-electron chi connectivity index (χ1n) is 3.05. The van der Waals surface area contributed by atoms with Crippen molar-refractivity contribution < 1.29 is 0 Å². The number of aryl methyl sites for hydroxylation is 1. The van der Waals surface area contributed by atoms with Crippen LogP contribution in [0.5, 0.6) is 0 Å². The van der Waals surface area contributed by atoms with Gasteiger partial charge in [-0.05, 0) is 18.6 Å². The van der Waals surface area contributed by atoms with Crippen molar-refractivity contribution in [2.45, 2.75) is 19.1 Å². The van der Waals surface area contributed by atoms with Gasteiger partial charge >= 0.3 is 0 Å². The SMILES string of the molecule is CCc1ccc(CS)s1. The van der Waals surface area contributed by atoms with E-state index in [0.717, 1.165) is 12.2 Å². The average Bonchev–Trinajstić information content (AvgIpc) is 2.34. The minimum Gasteiger partial charge on any atom is -0.174 e. The first kappa shape index (κ1) is 7.16. The van der Waals surface area contributed by atoms with Gasteiger partial charge in [0.15, 0.2) is 0 Å². The Morgan fingerprint density at radius 1 is 1.44 bits per heavy atom. The van der Waals surface area contributed by atoms with E-state index in [9.17, 15) is 0 Å². The normalized spacial score (nSPS) is 10.0. The van der Waals surface area contributed by atoms with E-state index >= 15 is 0 Å². The van der Waals surface area contributed by atoms with E-state index < -0.39 is 0 Å². The van der Waals surface area contributed by atoms with Gasteiger partial charge in [-0.3, -0.25) is 0 Å². The van der Waals surface area contributed by atoms with Crippen molar-refractivity contribution in [3.05, 3.63) is 21.9 Å². The van der Waals surface area contributed by atoms with E-state index in [0.29, 0.717) is 0 Å². The van der Waals surface area contributed by atoms with Crippen LogP contribution in [0.3, 0.4) is 0 Å². The summed E-state index contributed by atoms with van der Waals surface area (Å²) in [7, 11) is 0. The topological polar surface area (TPSA) is 0 Å². The lowest BCUT2D eigenvalue weighted by molar-refractivity contribution is 1.19. The van der Waals surface area contributed by atoms with Crippen molar-refractivity contribution in [2.24, 2.45) is 0 Å². The Labute approximate surface area is 65.3 Å². The standard InChI is InChI=1S/C7H10S2/c1-2-6-3-4-7(5-8)9-6/h3-4,8H,2,5H2,1H3. The number of thiol groups is 1. The molecule has 2 heteroatoms. The number of hydrogen-bond acceptors (Lipinski definition) is 2. The fourth-order valence-corrected chi connectivity index (χ4v) is 1.81. The quantitative estimate of drug-likeness (QED) is 0.629. The van der Waals surface area contributed by atoms with E-state index in [1.54, 1.807) is 0 Å². The zero-order chi connectivity index (χ0) is 6.69. The summed E-state index contributed by atoms with van der Waals surface area (Å²) in [6, 6.07) is 4.33. The van der Waals surface area contributed by atoms with Crippen molar-refractivity contribution in [2.75, 3.05) is 0 Å². The van der Waals surface area contributed by atoms with Gasteiger partial charge in [-0.1, -0.05) is 6.92 Å². The largest absolute Gasteiger partial charge is 0.174 e. The van der Waals surface area contributed by atoms with Gasteiger partial charge in [0.1, 0.15) is 0 Å². The highest BCUT2D eigenvalue weighted by atomic mass is 32.1. The number of thiophene rings is 1. The molecule has 0 saturated carbocycles. The van der Waals surface area contributed by atoms with Gasteiger partial charge in [0.05, 0.1) is 0 Å². The maximum atomic E-state index is 4.17. The average molecular weight is 158 g/mol. The molecule has 0 amide bonds. The van der Waals surface area contributed by atoms with Gasteiger partial charge in [0.25, 0.3) is 0 Å². The Hall–Kier alpha value is 0.0500. The van der Waals surface area contributed by atoms with Crippen molar-refractivity contribution in [3.63, 3.8) is 0 Å². The molecule has 9 heavy (non-hydrogen) atoms. The molecule has 1 heterocycles. The molecule has 1 aromatic heterocycles. The summed E-state index contributed by atoms with van der Waals surface area (Å²) < 4.78 is 0. The van der Waals surface area contributed by atoms with Gasteiger partial charge in [-0.2, -0.15) is 12.6 Å². The molecule has 0 bridgehead atoms. The fourth-order valence-electron chi connectivity index (χ4n) is 0.697. The highest BCUT2D eigenvalue weighted by Gasteiger charge is 1.93. The smallest absolute Gasteiger partial charge is 0.0248 e. The fraction of sp³-hybridized carbons (Fsp3) is 0.429. The molecule has 1 rings (SSSR count). The molecule has 0 aliphatic rings. The van der Waals surface area contributed by atoms with Crippen LogP contribution in [0, 0.1) is 0 Å². The third kappa shape index (κ3) is 1.73. The molecule has 0 unspecified atom stereocenters. The van der Waals surface area contributed by atoms with Gasteiger partial charge in [0, 0.05) is 15.5 Å². The zero-order valence-electron chi connectivity index (χ0n) is 5.42. The minimum atomic E-state index is 0.880. The summed E-state index contributed by atoms with van der Waals surface area (Å²) in [4.78, 5) is 2.83. The molecule has 0 radical (unpaired) electrons. The van der Waals surface area contributed by atoms with Crippen LogP contribution in [0.2, 0.25) is 0 Å². The van der Waals surface area contributed by atoms with Crippen molar-refractivity contribution in [3.8, 4) is 0 Å². The van der Waals surface area contributed by atoms with E-state index in [1.165, 1.54) is 9.75 Å². The lowest BCUT2D eigenvalue weighted by Crippen LogP contribution is -1.64. The van der Waals surface area contributed by atoms with Crippen LogP contribution < -0.4 is 0 Å². The monoisotopic (exact) mass is 158 g/mol. The second kappa shape index (κ2) is 3.28. The molecule has 0 spiro atoms. The first-order valence-corrected chi connectivity index (χ1v) is 4.50. The van der Waals surface area contributed by atoms with Gasteiger partial charge in [-0.25, -0.2) is 0 Å².